The second-order valence-corrected chi connectivity index (χ2v) is 6.50. The number of rotatable bonds is 8. The predicted octanol–water partition coefficient (Wildman–Crippen LogP) is 1.57. The number of amides is 1. The summed E-state index contributed by atoms with van der Waals surface area (Å²) in [5, 5.41) is 7.71. The van der Waals surface area contributed by atoms with Crippen LogP contribution in [-0.4, -0.2) is 40.8 Å². The van der Waals surface area contributed by atoms with E-state index in [1.807, 2.05) is 25.1 Å². The Balaban J connectivity index is 0.00000272. The first-order valence-electron chi connectivity index (χ1n) is 8.93. The number of hydrogen-bond donors (Lipinski definition) is 2. The number of aromatic nitrogens is 7. The van der Waals surface area contributed by atoms with Crippen molar-refractivity contribution >= 4 is 23.0 Å². The third kappa shape index (κ3) is 5.53. The van der Waals surface area contributed by atoms with Gasteiger partial charge in [-0.25, -0.2) is 9.67 Å². The molecular weight excluding hydrogens is 479 g/mol. The Labute approximate surface area is 201 Å². The molecule has 0 unspecified atom stereocenters. The number of aryl methyl sites for hydroxylation is 1. The number of imidazole rings is 1. The molecule has 12 nitrogen and oxygen atoms in total. The number of nitrogens with one attached hydrogen (secondary N) is 2. The molecule has 3 aromatic heterocycles. The fraction of sp³-hybridized carbons (Fsp3) is 0.222. The van der Waals surface area contributed by atoms with Gasteiger partial charge in [-0.2, -0.15) is 9.97 Å². The zero-order valence-corrected chi connectivity index (χ0v) is 19.4. The largest absolute Gasteiger partial charge is 0.667 e. The number of hydrogen-bond acceptors (Lipinski definition) is 9. The van der Waals surface area contributed by atoms with E-state index >= 15 is 0 Å². The SMILES string of the molecule is Cc1cc(COc2nc(N)nc3nc[nH]c23)ccc1OCn1cc(CC([NH-])=O)nn1.[Y]. The molecule has 1 radical (unpaired) electrons. The van der Waals surface area contributed by atoms with Gasteiger partial charge in [0.1, 0.15) is 17.9 Å². The molecule has 157 valence electrons. The van der Waals surface area contributed by atoms with Crippen LogP contribution in [0.1, 0.15) is 16.8 Å². The Hall–Kier alpha value is -3.12. The van der Waals surface area contributed by atoms with Gasteiger partial charge in [0.2, 0.25) is 11.8 Å². The molecule has 0 aliphatic heterocycles. The van der Waals surface area contributed by atoms with Crippen LogP contribution in [0.2, 0.25) is 0 Å². The fourth-order valence-electron chi connectivity index (χ4n) is 2.82. The van der Waals surface area contributed by atoms with Crippen molar-refractivity contribution in [1.29, 1.82) is 0 Å². The molecule has 31 heavy (non-hydrogen) atoms. The van der Waals surface area contributed by atoms with E-state index in [-0.39, 0.29) is 58.4 Å². The summed E-state index contributed by atoms with van der Waals surface area (Å²) in [5.41, 5.74) is 15.9. The zero-order valence-electron chi connectivity index (χ0n) is 16.6. The molecule has 1 aromatic carbocycles. The van der Waals surface area contributed by atoms with Gasteiger partial charge in [-0.05, 0) is 30.2 Å². The van der Waals surface area contributed by atoms with E-state index in [4.69, 9.17) is 20.9 Å². The molecule has 4 rings (SSSR count). The molecule has 3 heterocycles. The van der Waals surface area contributed by atoms with Crippen LogP contribution >= 0.6 is 0 Å². The van der Waals surface area contributed by atoms with Gasteiger partial charge in [-0.3, -0.25) is 0 Å². The number of H-pyrrole nitrogens is 1. The van der Waals surface area contributed by atoms with Crippen LogP contribution in [0.25, 0.3) is 16.9 Å². The molecule has 0 aliphatic carbocycles. The van der Waals surface area contributed by atoms with Crippen LogP contribution in [0, 0.1) is 6.92 Å². The van der Waals surface area contributed by atoms with Crippen molar-refractivity contribution in [1.82, 2.24) is 34.9 Å². The molecule has 0 bridgehead atoms. The molecule has 0 saturated heterocycles. The van der Waals surface area contributed by atoms with Crippen molar-refractivity contribution in [3.05, 3.63) is 53.3 Å². The maximum Gasteiger partial charge on any atom is 0.245 e. The number of nitrogens with zero attached hydrogens (tertiary/aromatic N) is 6. The average Bonchev–Trinajstić information content (AvgIpc) is 3.34. The van der Waals surface area contributed by atoms with Gasteiger partial charge in [0.25, 0.3) is 0 Å². The second kappa shape index (κ2) is 9.79. The third-order valence-corrected chi connectivity index (χ3v) is 4.16. The number of ether oxygens (including phenoxy) is 2. The molecule has 1 amide bonds. The van der Waals surface area contributed by atoms with Crippen LogP contribution in [0.15, 0.2) is 30.7 Å². The van der Waals surface area contributed by atoms with Gasteiger partial charge in [-0.15, -0.1) is 5.10 Å². The molecule has 4 N–H and O–H groups in total. The van der Waals surface area contributed by atoms with E-state index in [0.29, 0.717) is 28.5 Å². The summed E-state index contributed by atoms with van der Waals surface area (Å²) in [6.45, 7) is 2.33. The summed E-state index contributed by atoms with van der Waals surface area (Å²) in [7, 11) is 0. The van der Waals surface area contributed by atoms with E-state index in [1.54, 1.807) is 6.20 Å². The van der Waals surface area contributed by atoms with E-state index < -0.39 is 5.91 Å². The summed E-state index contributed by atoms with van der Waals surface area (Å²) in [6.07, 6.45) is 3.01. The van der Waals surface area contributed by atoms with Gasteiger partial charge < -0.3 is 30.7 Å². The standard InChI is InChI=1S/C18H19N9O3.Y/c1-10-4-11(7-29-17-15-16(22-8-21-15)23-18(20)24-17)2-3-13(10)30-9-27-6-12(25-26-27)5-14(19)28;/h2-4,6,8H,5,7,9H2,1H3,(H5,19,20,21,22,23,24,25,26,28);/p-1. The summed E-state index contributed by atoms with van der Waals surface area (Å²) >= 11 is 0. The van der Waals surface area contributed by atoms with Crippen LogP contribution in [0.3, 0.4) is 0 Å². The second-order valence-electron chi connectivity index (χ2n) is 6.50. The van der Waals surface area contributed by atoms with E-state index in [0.717, 1.165) is 11.1 Å². The van der Waals surface area contributed by atoms with E-state index in [1.165, 1.54) is 11.0 Å². The van der Waals surface area contributed by atoms with Crippen molar-refractivity contribution in [2.75, 3.05) is 5.73 Å². The normalized spacial score (nSPS) is 10.6. The van der Waals surface area contributed by atoms with Gasteiger partial charge in [0.05, 0.1) is 24.1 Å². The van der Waals surface area contributed by atoms with Gasteiger partial charge in [0, 0.05) is 39.1 Å². The average molecular weight is 497 g/mol. The van der Waals surface area contributed by atoms with E-state index in [9.17, 15) is 4.79 Å². The Morgan fingerprint density at radius 3 is 2.90 bits per heavy atom. The first kappa shape index (κ1) is 22.6. The zero-order chi connectivity index (χ0) is 21.1. The number of aromatic amines is 1. The minimum Gasteiger partial charge on any atom is -0.667 e. The topological polar surface area (TPSA) is 171 Å². The summed E-state index contributed by atoms with van der Waals surface area (Å²) in [5.74, 6) is 0.387. The van der Waals surface area contributed by atoms with Crippen LogP contribution in [0.5, 0.6) is 11.6 Å². The molecule has 0 spiro atoms. The number of fused-ring (bicyclic) bond motifs is 1. The maximum absolute atomic E-state index is 10.8. The predicted molar refractivity (Wildman–Crippen MR) is 105 cm³/mol. The van der Waals surface area contributed by atoms with Crippen LogP contribution < -0.4 is 15.2 Å². The first-order chi connectivity index (χ1) is 14.5. The molecular formula is C18H18N9O3Y-. The molecule has 4 aromatic rings. The molecule has 0 atom stereocenters. The minimum atomic E-state index is -0.713. The van der Waals surface area contributed by atoms with Crippen molar-refractivity contribution < 1.29 is 47.0 Å². The Morgan fingerprint density at radius 2 is 2.13 bits per heavy atom. The molecule has 0 saturated carbocycles. The monoisotopic (exact) mass is 497 g/mol. The van der Waals surface area contributed by atoms with Gasteiger partial charge in [-0.1, -0.05) is 11.3 Å². The number of benzene rings is 1. The third-order valence-electron chi connectivity index (χ3n) is 4.16. The Kier molecular flexibility index (Phi) is 7.13. The van der Waals surface area contributed by atoms with Crippen molar-refractivity contribution in [2.45, 2.75) is 26.7 Å². The summed E-state index contributed by atoms with van der Waals surface area (Å²) in [6, 6.07) is 5.65. The number of nitrogens with two attached hydrogens (primary N) is 1. The van der Waals surface area contributed by atoms with Crippen molar-refractivity contribution in [3.63, 3.8) is 0 Å². The summed E-state index contributed by atoms with van der Waals surface area (Å²) in [4.78, 5) is 26.0. The van der Waals surface area contributed by atoms with Crippen molar-refractivity contribution in [3.8, 4) is 11.6 Å². The Morgan fingerprint density at radius 1 is 1.29 bits per heavy atom. The number of carbonyl (C=O) groups is 1. The van der Waals surface area contributed by atoms with Crippen LogP contribution in [0.4, 0.5) is 5.95 Å². The summed E-state index contributed by atoms with van der Waals surface area (Å²) < 4.78 is 13.0. The molecule has 13 heteroatoms. The van der Waals surface area contributed by atoms with Gasteiger partial charge >= 0.3 is 0 Å². The van der Waals surface area contributed by atoms with Crippen LogP contribution in [-0.2, 0) is 57.3 Å². The Bertz CT molecular complexity index is 1210. The van der Waals surface area contributed by atoms with Crippen molar-refractivity contribution in [2.24, 2.45) is 0 Å². The van der Waals surface area contributed by atoms with Gasteiger partial charge in [0.15, 0.2) is 12.4 Å². The minimum absolute atomic E-state index is 0. The molecule has 0 fully saturated rings. The smallest absolute Gasteiger partial charge is 0.245 e. The number of nitrogen functional groups attached to an aromatic ring is 1. The molecule has 0 aliphatic rings. The van der Waals surface area contributed by atoms with E-state index in [2.05, 4.69) is 30.2 Å². The number of anilines is 1. The first-order valence-corrected chi connectivity index (χ1v) is 8.93. The number of carbonyl (C=O) groups excluding carboxylic acids is 1. The quantitative estimate of drug-likeness (QED) is 0.367. The maximum atomic E-state index is 10.8. The fourth-order valence-corrected chi connectivity index (χ4v) is 2.82.